The normalized spacial score (nSPS) is 10.7. The van der Waals surface area contributed by atoms with Crippen LogP contribution < -0.4 is 5.32 Å². The van der Waals surface area contributed by atoms with Gasteiger partial charge in [-0.2, -0.15) is 10.4 Å². The Balaban J connectivity index is 1.87. The molecule has 0 aliphatic carbocycles. The minimum absolute atomic E-state index is 0.285. The number of carbonyl (C=O) groups is 1. The smallest absolute Gasteiger partial charge is 0.256 e. The van der Waals surface area contributed by atoms with Crippen LogP contribution in [0.5, 0.6) is 0 Å². The minimum atomic E-state index is -0.285. The number of nitriles is 1. The summed E-state index contributed by atoms with van der Waals surface area (Å²) in [6.45, 7) is 3.91. The first-order valence-corrected chi connectivity index (χ1v) is 9.20. The van der Waals surface area contributed by atoms with E-state index >= 15 is 0 Å². The third-order valence-electron chi connectivity index (χ3n) is 5.02. The molecule has 4 rings (SSSR count). The number of anilines is 1. The highest BCUT2D eigenvalue weighted by molar-refractivity contribution is 6.13. The van der Waals surface area contributed by atoms with Crippen molar-refractivity contribution < 1.29 is 4.79 Å². The number of amides is 1. The van der Waals surface area contributed by atoms with Gasteiger partial charge in [-0.25, -0.2) is 4.98 Å². The Kier molecular flexibility index (Phi) is 4.57. The summed E-state index contributed by atoms with van der Waals surface area (Å²) in [7, 11) is 1.89. The largest absolute Gasteiger partial charge is 0.321 e. The number of fused-ring (bicyclic) bond motifs is 1. The fraction of sp³-hybridized carbons (Fsp3) is 0.130. The van der Waals surface area contributed by atoms with E-state index < -0.39 is 0 Å². The lowest BCUT2D eigenvalue weighted by Gasteiger charge is -2.11. The molecular formula is C23H19N5O. The number of nitrogens with zero attached hydrogens (tertiary/aromatic N) is 4. The average Bonchev–Trinajstić information content (AvgIpc) is 2.99. The molecule has 1 N–H and O–H groups in total. The lowest BCUT2D eigenvalue weighted by molar-refractivity contribution is 0.102. The molecule has 0 bridgehead atoms. The second kappa shape index (κ2) is 7.21. The van der Waals surface area contributed by atoms with Crippen molar-refractivity contribution in [3.05, 3.63) is 77.1 Å². The van der Waals surface area contributed by atoms with E-state index in [4.69, 9.17) is 4.98 Å². The van der Waals surface area contributed by atoms with Crippen LogP contribution in [0.4, 0.5) is 5.69 Å². The SMILES string of the molecule is Cc1nn(C)c(C)c1-c1cc(C(=O)Nc2ccccc2C#N)c2ccccc2n1. The minimum Gasteiger partial charge on any atom is -0.321 e. The molecule has 6 heteroatoms. The van der Waals surface area contributed by atoms with Crippen LogP contribution in [0.2, 0.25) is 0 Å². The molecule has 29 heavy (non-hydrogen) atoms. The number of benzene rings is 2. The first kappa shape index (κ1) is 18.4. The topological polar surface area (TPSA) is 83.6 Å². The van der Waals surface area contributed by atoms with Crippen LogP contribution in [0, 0.1) is 25.2 Å². The van der Waals surface area contributed by atoms with E-state index in [9.17, 15) is 10.1 Å². The molecule has 0 saturated carbocycles. The molecular weight excluding hydrogens is 362 g/mol. The predicted octanol–water partition coefficient (Wildman–Crippen LogP) is 4.38. The van der Waals surface area contributed by atoms with Crippen LogP contribution in [0.25, 0.3) is 22.2 Å². The first-order valence-electron chi connectivity index (χ1n) is 9.20. The van der Waals surface area contributed by atoms with Crippen molar-refractivity contribution in [2.24, 2.45) is 7.05 Å². The van der Waals surface area contributed by atoms with E-state index in [0.717, 1.165) is 27.9 Å². The van der Waals surface area contributed by atoms with Crippen LogP contribution in [0.15, 0.2) is 54.6 Å². The van der Waals surface area contributed by atoms with Gasteiger partial charge >= 0.3 is 0 Å². The Hall–Kier alpha value is -3.98. The van der Waals surface area contributed by atoms with Crippen molar-refractivity contribution >= 4 is 22.5 Å². The summed E-state index contributed by atoms with van der Waals surface area (Å²) in [4.78, 5) is 18.0. The van der Waals surface area contributed by atoms with E-state index in [0.29, 0.717) is 22.5 Å². The van der Waals surface area contributed by atoms with Crippen LogP contribution >= 0.6 is 0 Å². The van der Waals surface area contributed by atoms with Crippen molar-refractivity contribution in [2.45, 2.75) is 13.8 Å². The molecule has 0 aliphatic rings. The van der Waals surface area contributed by atoms with Gasteiger partial charge in [0.1, 0.15) is 6.07 Å². The van der Waals surface area contributed by atoms with E-state index in [2.05, 4.69) is 16.5 Å². The van der Waals surface area contributed by atoms with Crippen molar-refractivity contribution in [2.75, 3.05) is 5.32 Å². The predicted molar refractivity (Wildman–Crippen MR) is 113 cm³/mol. The van der Waals surface area contributed by atoms with Gasteiger partial charge in [0.25, 0.3) is 5.91 Å². The number of hydrogen-bond donors (Lipinski definition) is 1. The standard InChI is InChI=1S/C23H19N5O/c1-14-22(15(2)28(3)27-14)21-12-18(17-9-5-7-11-20(17)25-21)23(29)26-19-10-6-4-8-16(19)13-24/h4-12H,1-3H3,(H,26,29). The summed E-state index contributed by atoms with van der Waals surface area (Å²) in [5, 5.41) is 17.4. The monoisotopic (exact) mass is 381 g/mol. The van der Waals surface area contributed by atoms with Gasteiger partial charge in [-0.3, -0.25) is 9.48 Å². The molecule has 2 heterocycles. The van der Waals surface area contributed by atoms with Crippen molar-refractivity contribution in [1.29, 1.82) is 5.26 Å². The maximum atomic E-state index is 13.2. The number of rotatable bonds is 3. The van der Waals surface area contributed by atoms with Crippen LogP contribution in [-0.4, -0.2) is 20.7 Å². The van der Waals surface area contributed by atoms with E-state index in [1.165, 1.54) is 0 Å². The fourth-order valence-corrected chi connectivity index (χ4v) is 3.51. The number of aryl methyl sites for hydroxylation is 2. The molecule has 0 radical (unpaired) electrons. The Morgan fingerprint density at radius 3 is 2.55 bits per heavy atom. The highest BCUT2D eigenvalue weighted by Crippen LogP contribution is 2.29. The lowest BCUT2D eigenvalue weighted by Crippen LogP contribution is -2.14. The fourth-order valence-electron chi connectivity index (χ4n) is 3.51. The molecule has 1 amide bonds. The summed E-state index contributed by atoms with van der Waals surface area (Å²) in [6.07, 6.45) is 0. The number of para-hydroxylation sites is 2. The average molecular weight is 381 g/mol. The van der Waals surface area contributed by atoms with Gasteiger partial charge in [-0.1, -0.05) is 30.3 Å². The molecule has 0 saturated heterocycles. The summed E-state index contributed by atoms with van der Waals surface area (Å²) in [6, 6.07) is 18.4. The number of aromatic nitrogens is 3. The number of hydrogen-bond acceptors (Lipinski definition) is 4. The molecule has 0 unspecified atom stereocenters. The van der Waals surface area contributed by atoms with Crippen LogP contribution in [0.3, 0.4) is 0 Å². The highest BCUT2D eigenvalue weighted by Gasteiger charge is 2.19. The number of nitrogens with one attached hydrogen (secondary N) is 1. The molecule has 4 aromatic rings. The Morgan fingerprint density at radius 1 is 1.10 bits per heavy atom. The van der Waals surface area contributed by atoms with Gasteiger partial charge < -0.3 is 5.32 Å². The van der Waals surface area contributed by atoms with E-state index in [-0.39, 0.29) is 5.91 Å². The molecule has 0 aliphatic heterocycles. The van der Waals surface area contributed by atoms with Crippen LogP contribution in [0.1, 0.15) is 27.3 Å². The summed E-state index contributed by atoms with van der Waals surface area (Å²) < 4.78 is 1.81. The number of carbonyl (C=O) groups excluding carboxylic acids is 1. The highest BCUT2D eigenvalue weighted by atomic mass is 16.1. The van der Waals surface area contributed by atoms with Crippen LogP contribution in [-0.2, 0) is 7.05 Å². The van der Waals surface area contributed by atoms with Gasteiger partial charge in [-0.15, -0.1) is 0 Å². The summed E-state index contributed by atoms with van der Waals surface area (Å²) >= 11 is 0. The maximum Gasteiger partial charge on any atom is 0.256 e. The second-order valence-electron chi connectivity index (χ2n) is 6.85. The molecule has 142 valence electrons. The lowest BCUT2D eigenvalue weighted by atomic mass is 10.0. The molecule has 6 nitrogen and oxygen atoms in total. The van der Waals surface area contributed by atoms with Gasteiger partial charge in [0.15, 0.2) is 0 Å². The third-order valence-corrected chi connectivity index (χ3v) is 5.02. The molecule has 2 aromatic carbocycles. The van der Waals surface area contributed by atoms with Gasteiger partial charge in [0.05, 0.1) is 33.7 Å². The zero-order valence-corrected chi connectivity index (χ0v) is 16.4. The summed E-state index contributed by atoms with van der Waals surface area (Å²) in [5.41, 5.74) is 5.58. The molecule has 0 fully saturated rings. The molecule has 0 spiro atoms. The van der Waals surface area contributed by atoms with Crippen molar-refractivity contribution in [3.8, 4) is 17.3 Å². The second-order valence-corrected chi connectivity index (χ2v) is 6.85. The van der Waals surface area contributed by atoms with Crippen molar-refractivity contribution in [1.82, 2.24) is 14.8 Å². The quantitative estimate of drug-likeness (QED) is 0.571. The Labute approximate surface area is 168 Å². The van der Waals surface area contributed by atoms with Gasteiger partial charge in [0.2, 0.25) is 0 Å². The zero-order valence-electron chi connectivity index (χ0n) is 16.4. The van der Waals surface area contributed by atoms with Gasteiger partial charge in [-0.05, 0) is 38.1 Å². The zero-order chi connectivity index (χ0) is 20.5. The van der Waals surface area contributed by atoms with E-state index in [1.54, 1.807) is 30.3 Å². The first-order chi connectivity index (χ1) is 14.0. The maximum absolute atomic E-state index is 13.2. The third kappa shape index (κ3) is 3.23. The summed E-state index contributed by atoms with van der Waals surface area (Å²) in [5.74, 6) is -0.285. The molecule has 0 atom stereocenters. The van der Waals surface area contributed by atoms with Gasteiger partial charge in [0, 0.05) is 23.7 Å². The van der Waals surface area contributed by atoms with E-state index in [1.807, 2.05) is 49.8 Å². The Morgan fingerprint density at radius 2 is 1.83 bits per heavy atom. The Bertz CT molecular complexity index is 1300. The van der Waals surface area contributed by atoms with Crippen molar-refractivity contribution in [3.63, 3.8) is 0 Å². The number of pyridine rings is 1. The molecule has 2 aromatic heterocycles.